The Balaban J connectivity index is 2.04. The number of hydrogen-bond acceptors (Lipinski definition) is 4. The molecule has 1 aliphatic rings. The highest BCUT2D eigenvalue weighted by Gasteiger charge is 2.41. The number of amides is 1. The summed E-state index contributed by atoms with van der Waals surface area (Å²) in [5.41, 5.74) is 12.2. The summed E-state index contributed by atoms with van der Waals surface area (Å²) >= 11 is 0. The molecule has 0 radical (unpaired) electrons. The molecular weight excluding hydrogens is 228 g/mol. The molecule has 1 heterocycles. The monoisotopic (exact) mass is 248 g/mol. The van der Waals surface area contributed by atoms with Crippen molar-refractivity contribution < 1.29 is 4.79 Å². The van der Waals surface area contributed by atoms with Gasteiger partial charge in [-0.3, -0.25) is 4.79 Å². The molecule has 0 saturated heterocycles. The van der Waals surface area contributed by atoms with E-state index in [-0.39, 0.29) is 5.69 Å². The second-order valence-corrected chi connectivity index (χ2v) is 5.10. The Morgan fingerprint density at radius 3 is 2.78 bits per heavy atom. The minimum absolute atomic E-state index is 0.243. The quantitative estimate of drug-likeness (QED) is 0.715. The van der Waals surface area contributed by atoms with E-state index in [0.717, 1.165) is 6.54 Å². The van der Waals surface area contributed by atoms with Crippen molar-refractivity contribution in [3.8, 4) is 0 Å². The largest absolute Gasteiger partial charge is 0.396 e. The summed E-state index contributed by atoms with van der Waals surface area (Å²) < 4.78 is 0. The Morgan fingerprint density at radius 2 is 2.22 bits per heavy atom. The number of anilines is 2. The van der Waals surface area contributed by atoms with Gasteiger partial charge in [0.05, 0.1) is 5.69 Å². The van der Waals surface area contributed by atoms with Crippen LogP contribution in [-0.4, -0.2) is 17.4 Å². The number of rotatable bonds is 6. The number of primary amides is 1. The third-order valence-corrected chi connectivity index (χ3v) is 3.55. The number of carbonyl (C=O) groups is 1. The molecule has 2 rings (SSSR count). The van der Waals surface area contributed by atoms with Crippen molar-refractivity contribution in [2.45, 2.75) is 32.6 Å². The van der Waals surface area contributed by atoms with E-state index < -0.39 is 5.91 Å². The summed E-state index contributed by atoms with van der Waals surface area (Å²) in [7, 11) is 0. The number of aromatic nitrogens is 1. The molecule has 1 fully saturated rings. The van der Waals surface area contributed by atoms with Gasteiger partial charge in [0.2, 0.25) is 0 Å². The Hall–Kier alpha value is -1.78. The van der Waals surface area contributed by atoms with Crippen LogP contribution in [0.1, 0.15) is 43.1 Å². The minimum Gasteiger partial charge on any atom is -0.396 e. The van der Waals surface area contributed by atoms with Crippen LogP contribution in [0.25, 0.3) is 0 Å². The number of nitrogens with one attached hydrogen (secondary N) is 1. The summed E-state index contributed by atoms with van der Waals surface area (Å²) in [5.74, 6) is 0.0291. The molecule has 0 spiro atoms. The normalized spacial score (nSPS) is 16.3. The molecular formula is C13H20N4O. The van der Waals surface area contributed by atoms with E-state index in [1.807, 2.05) is 0 Å². The van der Waals surface area contributed by atoms with Crippen molar-refractivity contribution >= 4 is 17.4 Å². The lowest BCUT2D eigenvalue weighted by molar-refractivity contribution is 0.0996. The highest BCUT2D eigenvalue weighted by molar-refractivity contribution is 5.91. The van der Waals surface area contributed by atoms with Crippen molar-refractivity contribution in [3.05, 3.63) is 17.8 Å². The molecule has 1 aliphatic carbocycles. The molecule has 0 aliphatic heterocycles. The molecule has 0 atom stereocenters. The predicted molar refractivity (Wildman–Crippen MR) is 72.2 cm³/mol. The van der Waals surface area contributed by atoms with Crippen molar-refractivity contribution in [2.75, 3.05) is 17.6 Å². The molecule has 1 saturated carbocycles. The molecule has 1 aromatic heterocycles. The van der Waals surface area contributed by atoms with E-state index in [1.165, 1.54) is 25.7 Å². The summed E-state index contributed by atoms with van der Waals surface area (Å²) in [6, 6.07) is 3.20. The Labute approximate surface area is 107 Å². The molecule has 98 valence electrons. The van der Waals surface area contributed by atoms with Crippen LogP contribution in [0.15, 0.2) is 12.1 Å². The van der Waals surface area contributed by atoms with Crippen LogP contribution in [0.3, 0.4) is 0 Å². The number of pyridine rings is 1. The molecule has 1 aromatic rings. The van der Waals surface area contributed by atoms with Crippen LogP contribution >= 0.6 is 0 Å². The molecule has 18 heavy (non-hydrogen) atoms. The first kappa shape index (κ1) is 12.7. The molecule has 0 aromatic carbocycles. The molecule has 5 nitrogen and oxygen atoms in total. The van der Waals surface area contributed by atoms with E-state index >= 15 is 0 Å². The second kappa shape index (κ2) is 4.84. The summed E-state index contributed by atoms with van der Waals surface area (Å²) in [4.78, 5) is 15.2. The van der Waals surface area contributed by atoms with Gasteiger partial charge in [0.1, 0.15) is 11.5 Å². The fourth-order valence-electron chi connectivity index (χ4n) is 2.24. The Bertz CT molecular complexity index is 454. The molecule has 5 heteroatoms. The fourth-order valence-corrected chi connectivity index (χ4v) is 2.24. The van der Waals surface area contributed by atoms with Crippen LogP contribution in [0.2, 0.25) is 0 Å². The third-order valence-electron chi connectivity index (χ3n) is 3.55. The lowest BCUT2D eigenvalue weighted by Crippen LogP contribution is -2.19. The van der Waals surface area contributed by atoms with Gasteiger partial charge in [0.25, 0.3) is 5.91 Å². The minimum atomic E-state index is -0.534. The average Bonchev–Trinajstić information content (AvgIpc) is 3.08. The number of carbonyl (C=O) groups excluding carboxylic acids is 1. The van der Waals surface area contributed by atoms with Crippen LogP contribution < -0.4 is 16.8 Å². The third kappa shape index (κ3) is 2.72. The highest BCUT2D eigenvalue weighted by atomic mass is 16.1. The maximum absolute atomic E-state index is 11.1. The zero-order chi connectivity index (χ0) is 13.2. The van der Waals surface area contributed by atoms with Gasteiger partial charge in [0, 0.05) is 6.54 Å². The SMILES string of the molecule is CCCC1(CNc2nc(C(N)=O)ccc2N)CC1. The van der Waals surface area contributed by atoms with Gasteiger partial charge in [-0.15, -0.1) is 0 Å². The number of nitrogens with two attached hydrogens (primary N) is 2. The van der Waals surface area contributed by atoms with Crippen molar-refractivity contribution in [2.24, 2.45) is 11.1 Å². The van der Waals surface area contributed by atoms with Gasteiger partial charge in [0.15, 0.2) is 0 Å². The van der Waals surface area contributed by atoms with E-state index in [0.29, 0.717) is 16.9 Å². The first-order chi connectivity index (χ1) is 8.56. The standard InChI is InChI=1S/C13H20N4O/c1-2-5-13(6-7-13)8-16-12-9(14)3-4-10(17-12)11(15)18/h3-4H,2,5-8,14H2,1H3,(H2,15,18)(H,16,17). The summed E-state index contributed by atoms with van der Waals surface area (Å²) in [6.45, 7) is 3.06. The molecule has 0 bridgehead atoms. The van der Waals surface area contributed by atoms with E-state index in [4.69, 9.17) is 11.5 Å². The van der Waals surface area contributed by atoms with Crippen LogP contribution in [0, 0.1) is 5.41 Å². The second-order valence-electron chi connectivity index (χ2n) is 5.10. The smallest absolute Gasteiger partial charge is 0.267 e. The van der Waals surface area contributed by atoms with Crippen molar-refractivity contribution in [3.63, 3.8) is 0 Å². The van der Waals surface area contributed by atoms with E-state index in [2.05, 4.69) is 17.2 Å². The first-order valence-electron chi connectivity index (χ1n) is 6.36. The highest BCUT2D eigenvalue weighted by Crippen LogP contribution is 2.49. The number of nitrogen functional groups attached to an aromatic ring is 1. The van der Waals surface area contributed by atoms with Crippen molar-refractivity contribution in [1.29, 1.82) is 0 Å². The van der Waals surface area contributed by atoms with Gasteiger partial charge < -0.3 is 16.8 Å². The van der Waals surface area contributed by atoms with Gasteiger partial charge in [-0.1, -0.05) is 13.3 Å². The van der Waals surface area contributed by atoms with Gasteiger partial charge in [-0.05, 0) is 36.8 Å². The van der Waals surface area contributed by atoms with Gasteiger partial charge in [-0.25, -0.2) is 4.98 Å². The first-order valence-corrected chi connectivity index (χ1v) is 6.36. The zero-order valence-electron chi connectivity index (χ0n) is 10.7. The Morgan fingerprint density at radius 1 is 1.50 bits per heavy atom. The van der Waals surface area contributed by atoms with Crippen LogP contribution in [-0.2, 0) is 0 Å². The summed E-state index contributed by atoms with van der Waals surface area (Å²) in [6.07, 6.45) is 4.91. The van der Waals surface area contributed by atoms with Crippen LogP contribution in [0.4, 0.5) is 11.5 Å². The maximum atomic E-state index is 11.1. The van der Waals surface area contributed by atoms with E-state index in [1.54, 1.807) is 12.1 Å². The molecule has 5 N–H and O–H groups in total. The van der Waals surface area contributed by atoms with Crippen molar-refractivity contribution in [1.82, 2.24) is 4.98 Å². The topological polar surface area (TPSA) is 94.0 Å². The van der Waals surface area contributed by atoms with Gasteiger partial charge >= 0.3 is 0 Å². The average molecular weight is 248 g/mol. The Kier molecular flexibility index (Phi) is 3.41. The zero-order valence-corrected chi connectivity index (χ0v) is 10.7. The lowest BCUT2D eigenvalue weighted by atomic mass is 10.0. The predicted octanol–water partition coefficient (Wildman–Crippen LogP) is 1.75. The summed E-state index contributed by atoms with van der Waals surface area (Å²) in [5, 5.41) is 3.25. The lowest BCUT2D eigenvalue weighted by Gasteiger charge is -2.16. The molecule has 1 amide bonds. The molecule has 0 unspecified atom stereocenters. The van der Waals surface area contributed by atoms with E-state index in [9.17, 15) is 4.79 Å². The maximum Gasteiger partial charge on any atom is 0.267 e. The number of hydrogen-bond donors (Lipinski definition) is 3. The fraction of sp³-hybridized carbons (Fsp3) is 0.538. The van der Waals surface area contributed by atoms with Gasteiger partial charge in [-0.2, -0.15) is 0 Å². The van der Waals surface area contributed by atoms with Crippen LogP contribution in [0.5, 0.6) is 0 Å². The number of nitrogens with zero attached hydrogens (tertiary/aromatic N) is 1.